The lowest BCUT2D eigenvalue weighted by Gasteiger charge is -2.18. The Balaban J connectivity index is 1.93. The van der Waals surface area contributed by atoms with Crippen molar-refractivity contribution in [1.29, 1.82) is 5.26 Å². The molecule has 2 aromatic heterocycles. The number of carbonyl (C=O) groups is 1. The van der Waals surface area contributed by atoms with E-state index in [9.17, 15) is 24.4 Å². The Morgan fingerprint density at radius 1 is 1.21 bits per heavy atom. The number of carbonyl (C=O) groups excluding carboxylic acids is 1. The van der Waals surface area contributed by atoms with Gasteiger partial charge in [0.05, 0.1) is 18.7 Å². The summed E-state index contributed by atoms with van der Waals surface area (Å²) in [4.78, 5) is 37.0. The van der Waals surface area contributed by atoms with Gasteiger partial charge in [0.15, 0.2) is 0 Å². The van der Waals surface area contributed by atoms with E-state index in [4.69, 9.17) is 9.26 Å². The van der Waals surface area contributed by atoms with E-state index in [1.807, 2.05) is 24.3 Å². The van der Waals surface area contributed by atoms with Crippen LogP contribution in [0.3, 0.4) is 0 Å². The van der Waals surface area contributed by atoms with E-state index >= 15 is 0 Å². The number of benzene rings is 2. The number of hydrogen-bond donors (Lipinski definition) is 2. The quantitative estimate of drug-likeness (QED) is 0.238. The van der Waals surface area contributed by atoms with Gasteiger partial charge >= 0.3 is 7.82 Å². The van der Waals surface area contributed by atoms with Gasteiger partial charge in [0.25, 0.3) is 0 Å². The van der Waals surface area contributed by atoms with Crippen LogP contribution >= 0.6 is 7.82 Å². The van der Waals surface area contributed by atoms with Gasteiger partial charge < -0.3 is 24.0 Å². The maximum Gasteiger partial charge on any atom is 0.471 e. The first kappa shape index (κ1) is 26.8. The van der Waals surface area contributed by atoms with Gasteiger partial charge in [-0.1, -0.05) is 18.7 Å². The molecule has 1 unspecified atom stereocenters. The van der Waals surface area contributed by atoms with Gasteiger partial charge in [0.1, 0.15) is 17.6 Å². The van der Waals surface area contributed by atoms with E-state index in [0.717, 1.165) is 11.1 Å². The second-order valence-electron chi connectivity index (χ2n) is 8.45. The molecule has 0 fully saturated rings. The maximum absolute atomic E-state index is 12.2. The van der Waals surface area contributed by atoms with Gasteiger partial charge in [-0.05, 0) is 54.5 Å². The van der Waals surface area contributed by atoms with Crippen molar-refractivity contribution >= 4 is 30.5 Å². The zero-order chi connectivity index (χ0) is 27.6. The fraction of sp³-hybridized carbons (Fsp3) is 0.148. The van der Waals surface area contributed by atoms with Gasteiger partial charge in [0, 0.05) is 47.7 Å². The van der Waals surface area contributed by atoms with Crippen molar-refractivity contribution in [3.05, 3.63) is 79.1 Å². The molecule has 2 N–H and O–H groups in total. The highest BCUT2D eigenvalue weighted by molar-refractivity contribution is 7.46. The lowest BCUT2D eigenvalue weighted by Crippen LogP contribution is -2.23. The average Bonchev–Trinajstić information content (AvgIpc) is 3.30. The second-order valence-corrected chi connectivity index (χ2v) is 9.65. The van der Waals surface area contributed by atoms with Crippen molar-refractivity contribution < 1.29 is 28.4 Å². The normalized spacial score (nSPS) is 12.1. The highest BCUT2D eigenvalue weighted by Crippen LogP contribution is 2.43. The van der Waals surface area contributed by atoms with E-state index in [2.05, 4.69) is 17.6 Å². The number of amides is 1. The van der Waals surface area contributed by atoms with Crippen LogP contribution in [-0.4, -0.2) is 39.4 Å². The number of rotatable bonds is 8. The van der Waals surface area contributed by atoms with Crippen molar-refractivity contribution in [3.8, 4) is 34.1 Å². The monoisotopic (exact) mass is 532 g/mol. The molecule has 0 aliphatic rings. The summed E-state index contributed by atoms with van der Waals surface area (Å²) < 4.78 is 23.4. The van der Waals surface area contributed by atoms with Crippen LogP contribution in [0, 0.1) is 11.3 Å². The molecule has 1 amide bonds. The maximum atomic E-state index is 12.2. The summed E-state index contributed by atoms with van der Waals surface area (Å²) in [5.74, 6) is 0.248. The summed E-state index contributed by atoms with van der Waals surface area (Å²) in [5, 5.41) is 10.1. The zero-order valence-corrected chi connectivity index (χ0v) is 21.8. The smallest absolute Gasteiger partial charge is 0.471 e. The van der Waals surface area contributed by atoms with Gasteiger partial charge in [-0.2, -0.15) is 5.26 Å². The molecule has 2 aromatic carbocycles. The van der Waals surface area contributed by atoms with Gasteiger partial charge in [-0.3, -0.25) is 9.32 Å². The van der Waals surface area contributed by atoms with Gasteiger partial charge in [-0.15, -0.1) is 0 Å². The first-order chi connectivity index (χ1) is 18.0. The van der Waals surface area contributed by atoms with Crippen molar-refractivity contribution in [2.45, 2.75) is 13.2 Å². The molecule has 10 nitrogen and oxygen atoms in total. The van der Waals surface area contributed by atoms with E-state index in [1.54, 1.807) is 43.7 Å². The molecule has 0 aliphatic heterocycles. The molecule has 1 atom stereocenters. The van der Waals surface area contributed by atoms with Crippen LogP contribution in [0.25, 0.3) is 33.3 Å². The molecule has 4 aromatic rings. The number of nitriles is 1. The van der Waals surface area contributed by atoms with Crippen molar-refractivity contribution in [1.82, 2.24) is 9.55 Å². The van der Waals surface area contributed by atoms with E-state index in [-0.39, 0.29) is 5.91 Å². The van der Waals surface area contributed by atoms with Gasteiger partial charge in [0.2, 0.25) is 5.91 Å². The first-order valence-corrected chi connectivity index (χ1v) is 12.9. The number of likely N-dealkylation sites (N-methyl/N-ethyl adjacent to an activating group) is 1. The molecule has 0 saturated carbocycles. The molecule has 0 aliphatic carbocycles. The molecule has 38 heavy (non-hydrogen) atoms. The number of phosphoric ester groups is 1. The summed E-state index contributed by atoms with van der Waals surface area (Å²) in [6.07, 6.45) is 3.49. The average molecular weight is 532 g/mol. The predicted molar refractivity (Wildman–Crippen MR) is 143 cm³/mol. The Kier molecular flexibility index (Phi) is 7.49. The lowest BCUT2D eigenvalue weighted by molar-refractivity contribution is -0.113. The molecule has 0 spiro atoms. The van der Waals surface area contributed by atoms with E-state index < -0.39 is 14.1 Å². The summed E-state index contributed by atoms with van der Waals surface area (Å²) in [5.41, 5.74) is 4.31. The van der Waals surface area contributed by atoms with Crippen LogP contribution in [0.15, 0.2) is 73.6 Å². The Morgan fingerprint density at radius 3 is 2.63 bits per heavy atom. The van der Waals surface area contributed by atoms with Crippen LogP contribution in [-0.2, 0) is 13.9 Å². The van der Waals surface area contributed by atoms with Crippen LogP contribution in [0.5, 0.6) is 5.75 Å². The summed E-state index contributed by atoms with van der Waals surface area (Å²) in [6, 6.07) is 16.4. The van der Waals surface area contributed by atoms with Crippen LogP contribution in [0.4, 0.5) is 5.69 Å². The first-order valence-electron chi connectivity index (χ1n) is 11.4. The largest absolute Gasteiger partial charge is 0.497 e. The highest BCUT2D eigenvalue weighted by Gasteiger charge is 2.24. The SMILES string of the molecule is C=CC(=O)N(C)c1cc(OC)cc(-c2cnc3c(c2)c(-c2cccc(C#N)c2)cn3C(C)OP(=O)(O)O)c1. The molecule has 11 heteroatoms. The number of pyridine rings is 1. The van der Waals surface area contributed by atoms with Crippen molar-refractivity contribution in [2.24, 2.45) is 0 Å². The predicted octanol–water partition coefficient (Wildman–Crippen LogP) is 5.03. The lowest BCUT2D eigenvalue weighted by atomic mass is 10.0. The summed E-state index contributed by atoms with van der Waals surface area (Å²) in [6.45, 7) is 5.04. The molecule has 0 saturated heterocycles. The standard InChI is InChI=1S/C27H25N4O6P/c1-5-26(32)30(3)22-10-20(11-23(13-22)36-4)21-12-24-25(19-8-6-7-18(9-19)14-28)16-31(27(24)29-15-21)17(2)37-38(33,34)35/h5-13,15-17H,1H2,2-4H3,(H2,33,34,35). The topological polar surface area (TPSA) is 138 Å². The number of fused-ring (bicyclic) bond motifs is 1. The molecule has 0 radical (unpaired) electrons. The number of aromatic nitrogens is 2. The minimum atomic E-state index is -4.78. The van der Waals surface area contributed by atoms with Crippen LogP contribution < -0.4 is 9.64 Å². The number of ether oxygens (including phenoxy) is 1. The Morgan fingerprint density at radius 2 is 1.97 bits per heavy atom. The second kappa shape index (κ2) is 10.6. The van der Waals surface area contributed by atoms with E-state index in [0.29, 0.717) is 39.2 Å². The third kappa shape index (κ3) is 5.52. The molecular formula is C27H25N4O6P. The molecule has 0 bridgehead atoms. The number of hydrogen-bond acceptors (Lipinski definition) is 6. The fourth-order valence-corrected chi connectivity index (χ4v) is 4.63. The number of anilines is 1. The molecule has 194 valence electrons. The van der Waals surface area contributed by atoms with Gasteiger partial charge in [-0.25, -0.2) is 9.55 Å². The summed E-state index contributed by atoms with van der Waals surface area (Å²) in [7, 11) is -1.62. The fourth-order valence-electron chi connectivity index (χ4n) is 4.13. The van der Waals surface area contributed by atoms with E-state index in [1.165, 1.54) is 29.6 Å². The number of methoxy groups -OCH3 is 1. The Bertz CT molecular complexity index is 1630. The minimum absolute atomic E-state index is 0.284. The van der Waals surface area contributed by atoms with Crippen LogP contribution in [0.1, 0.15) is 18.7 Å². The molecule has 4 rings (SSSR count). The number of phosphoric acid groups is 1. The Labute approximate surface area is 219 Å². The summed E-state index contributed by atoms with van der Waals surface area (Å²) >= 11 is 0. The van der Waals surface area contributed by atoms with Crippen molar-refractivity contribution in [3.63, 3.8) is 0 Å². The molecular weight excluding hydrogens is 507 g/mol. The van der Waals surface area contributed by atoms with Crippen LogP contribution in [0.2, 0.25) is 0 Å². The number of nitrogens with zero attached hydrogens (tertiary/aromatic N) is 4. The molecule has 2 heterocycles. The zero-order valence-electron chi connectivity index (χ0n) is 20.9. The highest BCUT2D eigenvalue weighted by atomic mass is 31.2. The third-order valence-electron chi connectivity index (χ3n) is 6.01. The Hall–Kier alpha value is -4.26. The minimum Gasteiger partial charge on any atom is -0.497 e. The van der Waals surface area contributed by atoms with Crippen molar-refractivity contribution in [2.75, 3.05) is 19.1 Å². The third-order valence-corrected chi connectivity index (χ3v) is 6.59.